The lowest BCUT2D eigenvalue weighted by atomic mass is 10.1. The number of hydrogen-bond donors (Lipinski definition) is 2. The average molecular weight is 235 g/mol. The summed E-state index contributed by atoms with van der Waals surface area (Å²) in [5, 5.41) is 14.0. The standard InChI is InChI=1S/C8H6N2O2.2ClH/c11-8-7(10-12)5-3-1-2-4-6(5)9-8;;/h1-4,12H,(H,9,10,11);2*1H. The van der Waals surface area contributed by atoms with Crippen LogP contribution in [0.5, 0.6) is 0 Å². The van der Waals surface area contributed by atoms with E-state index in [1.807, 2.05) is 0 Å². The summed E-state index contributed by atoms with van der Waals surface area (Å²) in [5.41, 5.74) is 1.41. The van der Waals surface area contributed by atoms with Gasteiger partial charge in [0.15, 0.2) is 5.71 Å². The molecule has 0 unspecified atom stereocenters. The molecule has 0 saturated heterocycles. The summed E-state index contributed by atoms with van der Waals surface area (Å²) in [7, 11) is 0. The fourth-order valence-corrected chi connectivity index (χ4v) is 1.20. The molecular formula is C8H8Cl2N2O2. The van der Waals surface area contributed by atoms with E-state index in [4.69, 9.17) is 5.21 Å². The highest BCUT2D eigenvalue weighted by Gasteiger charge is 2.25. The van der Waals surface area contributed by atoms with Crippen LogP contribution < -0.4 is 5.32 Å². The van der Waals surface area contributed by atoms with E-state index in [1.165, 1.54) is 0 Å². The zero-order valence-electron chi connectivity index (χ0n) is 6.93. The molecule has 0 saturated carbocycles. The Hall–Kier alpha value is -1.26. The van der Waals surface area contributed by atoms with Gasteiger partial charge in [0.1, 0.15) is 0 Å². The molecule has 1 aromatic carbocycles. The molecule has 0 atom stereocenters. The van der Waals surface area contributed by atoms with Crippen LogP contribution >= 0.6 is 24.8 Å². The van der Waals surface area contributed by atoms with E-state index in [0.717, 1.165) is 0 Å². The van der Waals surface area contributed by atoms with Crippen molar-refractivity contribution >= 4 is 42.1 Å². The lowest BCUT2D eigenvalue weighted by molar-refractivity contribution is -0.110. The average Bonchev–Trinajstić information content (AvgIpc) is 2.40. The number of benzene rings is 1. The molecule has 1 amide bonds. The van der Waals surface area contributed by atoms with Gasteiger partial charge in [0.2, 0.25) is 0 Å². The molecule has 0 bridgehead atoms. The van der Waals surface area contributed by atoms with Gasteiger partial charge in [-0.05, 0) is 6.07 Å². The number of fused-ring (bicyclic) bond motifs is 1. The lowest BCUT2D eigenvalue weighted by Gasteiger charge is -1.92. The van der Waals surface area contributed by atoms with Crippen molar-refractivity contribution in [3.8, 4) is 0 Å². The number of nitrogens with zero attached hydrogens (tertiary/aromatic N) is 1. The van der Waals surface area contributed by atoms with Gasteiger partial charge in [0.05, 0.1) is 5.69 Å². The van der Waals surface area contributed by atoms with Crippen molar-refractivity contribution in [3.05, 3.63) is 29.8 Å². The Labute approximate surface area is 92.8 Å². The van der Waals surface area contributed by atoms with Crippen LogP contribution in [-0.2, 0) is 4.79 Å². The number of oxime groups is 1. The second-order valence-electron chi connectivity index (χ2n) is 2.45. The number of para-hydroxylation sites is 1. The van der Waals surface area contributed by atoms with Crippen LogP contribution in [0.3, 0.4) is 0 Å². The van der Waals surface area contributed by atoms with Crippen molar-refractivity contribution < 1.29 is 10.0 Å². The van der Waals surface area contributed by atoms with Gasteiger partial charge in [-0.25, -0.2) is 0 Å². The fourth-order valence-electron chi connectivity index (χ4n) is 1.20. The first kappa shape index (κ1) is 12.7. The van der Waals surface area contributed by atoms with Crippen LogP contribution in [0.15, 0.2) is 29.4 Å². The minimum atomic E-state index is -0.362. The fraction of sp³-hybridized carbons (Fsp3) is 0. The highest BCUT2D eigenvalue weighted by Crippen LogP contribution is 2.21. The van der Waals surface area contributed by atoms with Gasteiger partial charge in [-0.15, -0.1) is 24.8 Å². The van der Waals surface area contributed by atoms with Gasteiger partial charge in [-0.1, -0.05) is 23.4 Å². The summed E-state index contributed by atoms with van der Waals surface area (Å²) in [6, 6.07) is 7.07. The molecule has 1 aliphatic rings. The summed E-state index contributed by atoms with van der Waals surface area (Å²) in [6.45, 7) is 0. The highest BCUT2D eigenvalue weighted by molar-refractivity contribution is 6.53. The number of hydrogen-bond acceptors (Lipinski definition) is 3. The van der Waals surface area contributed by atoms with Gasteiger partial charge in [0.25, 0.3) is 5.91 Å². The lowest BCUT2D eigenvalue weighted by Crippen LogP contribution is -2.13. The van der Waals surface area contributed by atoms with Crippen LogP contribution in [0.25, 0.3) is 0 Å². The van der Waals surface area contributed by atoms with Gasteiger partial charge < -0.3 is 10.5 Å². The molecule has 1 aromatic rings. The predicted molar refractivity (Wildman–Crippen MR) is 57.9 cm³/mol. The molecule has 1 heterocycles. The van der Waals surface area contributed by atoms with Crippen LogP contribution in [0.4, 0.5) is 5.69 Å². The number of anilines is 1. The van der Waals surface area contributed by atoms with Crippen LogP contribution in [0.1, 0.15) is 5.56 Å². The van der Waals surface area contributed by atoms with Crippen LogP contribution in [0, 0.1) is 0 Å². The summed E-state index contributed by atoms with van der Waals surface area (Å²) in [6.07, 6.45) is 0. The third-order valence-electron chi connectivity index (χ3n) is 1.75. The summed E-state index contributed by atoms with van der Waals surface area (Å²) in [4.78, 5) is 11.1. The molecule has 6 heteroatoms. The Bertz CT molecular complexity index is 379. The Morgan fingerprint density at radius 3 is 2.50 bits per heavy atom. The Morgan fingerprint density at radius 2 is 1.86 bits per heavy atom. The number of nitrogens with one attached hydrogen (secondary N) is 1. The minimum absolute atomic E-state index is 0. The van der Waals surface area contributed by atoms with Crippen LogP contribution in [-0.4, -0.2) is 16.8 Å². The first-order valence-electron chi connectivity index (χ1n) is 3.46. The molecule has 4 nitrogen and oxygen atoms in total. The normalized spacial score (nSPS) is 15.1. The van der Waals surface area contributed by atoms with E-state index in [9.17, 15) is 4.79 Å². The predicted octanol–water partition coefficient (Wildman–Crippen LogP) is 1.66. The molecule has 0 radical (unpaired) electrons. The largest absolute Gasteiger partial charge is 0.410 e. The van der Waals surface area contributed by atoms with E-state index in [0.29, 0.717) is 11.3 Å². The van der Waals surface area contributed by atoms with Crippen LogP contribution in [0.2, 0.25) is 0 Å². The Morgan fingerprint density at radius 1 is 1.21 bits per heavy atom. The number of rotatable bonds is 0. The van der Waals surface area contributed by atoms with Crippen molar-refractivity contribution in [3.63, 3.8) is 0 Å². The number of carbonyl (C=O) groups excluding carboxylic acids is 1. The molecule has 0 fully saturated rings. The van der Waals surface area contributed by atoms with E-state index in [1.54, 1.807) is 24.3 Å². The molecular weight excluding hydrogens is 227 g/mol. The second kappa shape index (κ2) is 4.83. The van der Waals surface area contributed by atoms with E-state index >= 15 is 0 Å². The molecule has 0 aromatic heterocycles. The molecule has 0 aliphatic carbocycles. The molecule has 2 N–H and O–H groups in total. The molecule has 76 valence electrons. The molecule has 1 aliphatic heterocycles. The minimum Gasteiger partial charge on any atom is -0.410 e. The SMILES string of the molecule is Cl.Cl.O=C1Nc2ccccc2C1=NO. The van der Waals surface area contributed by atoms with Crippen molar-refractivity contribution in [2.45, 2.75) is 0 Å². The first-order chi connectivity index (χ1) is 5.83. The molecule has 0 spiro atoms. The maximum Gasteiger partial charge on any atom is 0.278 e. The summed E-state index contributed by atoms with van der Waals surface area (Å²) >= 11 is 0. The van der Waals surface area contributed by atoms with E-state index in [2.05, 4.69) is 10.5 Å². The maximum atomic E-state index is 11.1. The number of amides is 1. The maximum absolute atomic E-state index is 11.1. The third-order valence-corrected chi connectivity index (χ3v) is 1.75. The van der Waals surface area contributed by atoms with Gasteiger partial charge in [-0.2, -0.15) is 0 Å². The monoisotopic (exact) mass is 234 g/mol. The smallest absolute Gasteiger partial charge is 0.278 e. The van der Waals surface area contributed by atoms with Gasteiger partial charge >= 0.3 is 0 Å². The first-order valence-corrected chi connectivity index (χ1v) is 3.46. The quantitative estimate of drug-likeness (QED) is 0.530. The van der Waals surface area contributed by atoms with Crippen molar-refractivity contribution in [1.29, 1.82) is 0 Å². The second-order valence-corrected chi connectivity index (χ2v) is 2.45. The zero-order chi connectivity index (χ0) is 8.55. The highest BCUT2D eigenvalue weighted by atomic mass is 35.5. The number of halogens is 2. The van der Waals surface area contributed by atoms with E-state index in [-0.39, 0.29) is 36.4 Å². The number of carbonyl (C=O) groups is 1. The molecule has 14 heavy (non-hydrogen) atoms. The van der Waals surface area contributed by atoms with Crippen molar-refractivity contribution in [2.24, 2.45) is 5.16 Å². The topological polar surface area (TPSA) is 61.7 Å². The van der Waals surface area contributed by atoms with Crippen molar-refractivity contribution in [1.82, 2.24) is 0 Å². The Balaban J connectivity index is 0.000000845. The van der Waals surface area contributed by atoms with E-state index < -0.39 is 0 Å². The van der Waals surface area contributed by atoms with Crippen molar-refractivity contribution in [2.75, 3.05) is 5.32 Å². The zero-order valence-corrected chi connectivity index (χ0v) is 8.56. The molecule has 2 rings (SSSR count). The third kappa shape index (κ3) is 1.81. The summed E-state index contributed by atoms with van der Waals surface area (Å²) in [5.74, 6) is -0.362. The Kier molecular flexibility index (Phi) is 4.40. The van der Waals surface area contributed by atoms with Gasteiger partial charge in [0, 0.05) is 5.56 Å². The van der Waals surface area contributed by atoms with Gasteiger partial charge in [-0.3, -0.25) is 4.79 Å². The summed E-state index contributed by atoms with van der Waals surface area (Å²) < 4.78 is 0.